The van der Waals surface area contributed by atoms with Crippen LogP contribution in [0.25, 0.3) is 10.9 Å². The number of hydrogen-bond acceptors (Lipinski definition) is 10. The van der Waals surface area contributed by atoms with Crippen LogP contribution in [0, 0.1) is 0 Å². The van der Waals surface area contributed by atoms with Crippen molar-refractivity contribution in [3.8, 4) is 11.5 Å². The van der Waals surface area contributed by atoms with Gasteiger partial charge in [-0.15, -0.1) is 0 Å². The molecule has 0 spiro atoms. The summed E-state index contributed by atoms with van der Waals surface area (Å²) in [4.78, 5) is 41.2. The van der Waals surface area contributed by atoms with Gasteiger partial charge in [0.15, 0.2) is 0 Å². The molecule has 39 heavy (non-hydrogen) atoms. The van der Waals surface area contributed by atoms with Gasteiger partial charge in [-0.3, -0.25) is 14.5 Å². The van der Waals surface area contributed by atoms with Crippen molar-refractivity contribution in [2.75, 3.05) is 45.2 Å². The van der Waals surface area contributed by atoms with E-state index in [-0.39, 0.29) is 13.0 Å². The van der Waals surface area contributed by atoms with Crippen molar-refractivity contribution in [1.29, 1.82) is 0 Å². The first-order chi connectivity index (χ1) is 18.6. The highest BCUT2D eigenvalue weighted by molar-refractivity contribution is 6.32. The predicted molar refractivity (Wildman–Crippen MR) is 143 cm³/mol. The van der Waals surface area contributed by atoms with Gasteiger partial charge < -0.3 is 34.8 Å². The molecule has 0 aliphatic carbocycles. The number of ether oxygens (including phenoxy) is 3. The van der Waals surface area contributed by atoms with Gasteiger partial charge in [0.1, 0.15) is 30.1 Å². The van der Waals surface area contributed by atoms with Gasteiger partial charge in [-0.1, -0.05) is 17.7 Å². The minimum atomic E-state index is -1.31. The van der Waals surface area contributed by atoms with E-state index in [0.29, 0.717) is 51.0 Å². The number of amides is 1. The molecule has 0 saturated heterocycles. The van der Waals surface area contributed by atoms with Crippen LogP contribution in [-0.4, -0.2) is 78.3 Å². The number of halogens is 1. The second kappa shape index (κ2) is 14.5. The molecule has 4 N–H and O–H groups in total. The SMILES string of the molecule is COC(=O)N(C)c1cc2c(NCc3ccc(OC)c(Cl)c3)ncnc2c(CCO)c1OC.O=C(O)CC(=O)O. The van der Waals surface area contributed by atoms with Gasteiger partial charge in [0.25, 0.3) is 0 Å². The summed E-state index contributed by atoms with van der Waals surface area (Å²) in [5.74, 6) is -1.03. The van der Waals surface area contributed by atoms with Crippen molar-refractivity contribution < 1.29 is 43.9 Å². The first-order valence-corrected chi connectivity index (χ1v) is 11.7. The first-order valence-electron chi connectivity index (χ1n) is 11.3. The summed E-state index contributed by atoms with van der Waals surface area (Å²) in [6.45, 7) is 0.327. The highest BCUT2D eigenvalue weighted by atomic mass is 35.5. The summed E-state index contributed by atoms with van der Waals surface area (Å²) < 4.78 is 15.6. The van der Waals surface area contributed by atoms with Crippen molar-refractivity contribution in [2.45, 2.75) is 19.4 Å². The van der Waals surface area contributed by atoms with Crippen LogP contribution in [0.2, 0.25) is 5.02 Å². The number of carbonyl (C=O) groups excluding carboxylic acids is 1. The zero-order valence-corrected chi connectivity index (χ0v) is 22.5. The lowest BCUT2D eigenvalue weighted by Gasteiger charge is -2.22. The Kier molecular flexibility index (Phi) is 11.5. The van der Waals surface area contributed by atoms with E-state index in [0.717, 1.165) is 5.56 Å². The lowest BCUT2D eigenvalue weighted by atomic mass is 10.0. The number of aromatic nitrogens is 2. The summed E-state index contributed by atoms with van der Waals surface area (Å²) in [6, 6.07) is 7.27. The molecule has 2 aromatic carbocycles. The smallest absolute Gasteiger partial charge is 0.413 e. The second-order valence-electron chi connectivity index (χ2n) is 7.82. The van der Waals surface area contributed by atoms with Gasteiger partial charge in [0.2, 0.25) is 0 Å². The number of hydrogen-bond donors (Lipinski definition) is 4. The standard InChI is InChI=1S/C22H25ClN4O5.C3H4O4/c1-27(22(29)32-4)17-10-15-19(14(7-8-28)20(17)31-3)25-12-26-21(15)24-11-13-5-6-18(30-2)16(23)9-13;4-2(5)1-3(6)7/h5-6,9-10,12,28H,7-8,11H2,1-4H3,(H,24,25,26);1H2,(H,4,5)(H,6,7). The Morgan fingerprint density at radius 2 is 1.74 bits per heavy atom. The van der Waals surface area contributed by atoms with Crippen molar-refractivity contribution in [2.24, 2.45) is 0 Å². The summed E-state index contributed by atoms with van der Waals surface area (Å²) in [5.41, 5.74) is 2.68. The summed E-state index contributed by atoms with van der Waals surface area (Å²) in [6.07, 6.45) is 0.361. The molecule has 0 saturated carbocycles. The van der Waals surface area contributed by atoms with Gasteiger partial charge in [-0.2, -0.15) is 0 Å². The predicted octanol–water partition coefficient (Wildman–Crippen LogP) is 3.20. The molecule has 0 bridgehead atoms. The number of anilines is 2. The number of rotatable bonds is 10. The molecule has 3 rings (SSSR count). The molecule has 1 heterocycles. The molecular weight excluding hydrogens is 536 g/mol. The Morgan fingerprint density at radius 3 is 2.26 bits per heavy atom. The number of benzene rings is 2. The molecule has 0 atom stereocenters. The molecule has 14 heteroatoms. The van der Waals surface area contributed by atoms with E-state index in [4.69, 9.17) is 36.0 Å². The van der Waals surface area contributed by atoms with Crippen molar-refractivity contribution in [1.82, 2.24) is 9.97 Å². The first kappa shape index (κ1) is 30.9. The molecule has 0 unspecified atom stereocenters. The van der Waals surface area contributed by atoms with Gasteiger partial charge in [-0.05, 0) is 23.8 Å². The van der Waals surface area contributed by atoms with E-state index in [2.05, 4.69) is 15.3 Å². The molecule has 3 aromatic rings. The maximum Gasteiger partial charge on any atom is 0.413 e. The lowest BCUT2D eigenvalue weighted by molar-refractivity contribution is -0.147. The van der Waals surface area contributed by atoms with E-state index in [9.17, 15) is 19.5 Å². The average Bonchev–Trinajstić information content (AvgIpc) is 2.90. The largest absolute Gasteiger partial charge is 0.495 e. The monoisotopic (exact) mass is 564 g/mol. The maximum atomic E-state index is 12.2. The molecule has 0 aliphatic heterocycles. The zero-order valence-electron chi connectivity index (χ0n) is 21.7. The van der Waals surface area contributed by atoms with Crippen molar-refractivity contribution in [3.05, 3.63) is 46.7 Å². The number of nitrogens with one attached hydrogen (secondary N) is 1. The Hall–Kier alpha value is -4.36. The van der Waals surface area contributed by atoms with Gasteiger partial charge >= 0.3 is 18.0 Å². The minimum Gasteiger partial charge on any atom is -0.495 e. The molecule has 1 amide bonds. The Bertz CT molecular complexity index is 1320. The number of carboxylic acids is 2. The van der Waals surface area contributed by atoms with Crippen molar-refractivity contribution in [3.63, 3.8) is 0 Å². The number of methoxy groups -OCH3 is 3. The number of carbonyl (C=O) groups is 3. The third kappa shape index (κ3) is 8.06. The number of aliphatic hydroxyl groups excluding tert-OH is 1. The molecule has 0 radical (unpaired) electrons. The lowest BCUT2D eigenvalue weighted by Crippen LogP contribution is -2.26. The quantitative estimate of drug-likeness (QED) is 0.264. The van der Waals surface area contributed by atoms with Gasteiger partial charge in [0.05, 0.1) is 37.6 Å². The Balaban J connectivity index is 0.000000673. The fraction of sp³-hybridized carbons (Fsp3) is 0.320. The molecule has 0 fully saturated rings. The van der Waals surface area contributed by atoms with Gasteiger partial charge in [0, 0.05) is 37.6 Å². The molecule has 1 aromatic heterocycles. The fourth-order valence-electron chi connectivity index (χ4n) is 3.57. The number of aliphatic hydroxyl groups is 1. The van der Waals surface area contributed by atoms with Crippen LogP contribution in [0.4, 0.5) is 16.3 Å². The van der Waals surface area contributed by atoms with E-state index in [1.165, 1.54) is 25.4 Å². The number of aliphatic carboxylic acids is 2. The number of carboxylic acid groups (broad SMARTS) is 2. The van der Waals surface area contributed by atoms with Crippen LogP contribution in [0.3, 0.4) is 0 Å². The average molecular weight is 565 g/mol. The van der Waals surface area contributed by atoms with Crippen molar-refractivity contribution >= 4 is 52.0 Å². The highest BCUT2D eigenvalue weighted by Crippen LogP contribution is 2.39. The normalized spacial score (nSPS) is 10.2. The van der Waals surface area contributed by atoms with Crippen LogP contribution in [0.15, 0.2) is 30.6 Å². The van der Waals surface area contributed by atoms with E-state index in [1.807, 2.05) is 12.1 Å². The third-order valence-corrected chi connectivity index (χ3v) is 5.61. The summed E-state index contributed by atoms with van der Waals surface area (Å²) in [5, 5.41) is 29.5. The maximum absolute atomic E-state index is 12.2. The summed E-state index contributed by atoms with van der Waals surface area (Å²) in [7, 11) is 5.95. The molecule has 0 aliphatic rings. The van der Waals surface area contributed by atoms with Gasteiger partial charge in [-0.25, -0.2) is 14.8 Å². The molecule has 13 nitrogen and oxygen atoms in total. The van der Waals surface area contributed by atoms with E-state index >= 15 is 0 Å². The van der Waals surface area contributed by atoms with Crippen LogP contribution >= 0.6 is 11.6 Å². The molecule has 210 valence electrons. The number of nitrogens with zero attached hydrogens (tertiary/aromatic N) is 3. The van der Waals surface area contributed by atoms with Crippen LogP contribution in [0.5, 0.6) is 11.5 Å². The topological polar surface area (TPSA) is 181 Å². The van der Waals surface area contributed by atoms with Crippen LogP contribution in [0.1, 0.15) is 17.5 Å². The Labute approximate surface area is 228 Å². The Morgan fingerprint density at radius 1 is 1.05 bits per heavy atom. The van der Waals surface area contributed by atoms with E-state index < -0.39 is 24.5 Å². The van der Waals surface area contributed by atoms with E-state index in [1.54, 1.807) is 26.3 Å². The number of fused-ring (bicyclic) bond motifs is 1. The molecular formula is C25H29ClN4O9. The van der Waals surface area contributed by atoms with Crippen LogP contribution in [-0.2, 0) is 27.3 Å². The summed E-state index contributed by atoms with van der Waals surface area (Å²) >= 11 is 6.23. The fourth-order valence-corrected chi connectivity index (χ4v) is 3.85. The minimum absolute atomic E-state index is 0.117. The second-order valence-corrected chi connectivity index (χ2v) is 8.22. The highest BCUT2D eigenvalue weighted by Gasteiger charge is 2.23. The zero-order chi connectivity index (χ0) is 29.1. The van der Waals surface area contributed by atoms with Crippen LogP contribution < -0.4 is 19.7 Å². The third-order valence-electron chi connectivity index (χ3n) is 5.31.